The number of benzene rings is 2. The molecule has 0 spiro atoms. The molecule has 0 fully saturated rings. The van der Waals surface area contributed by atoms with E-state index in [-0.39, 0.29) is 33.1 Å². The van der Waals surface area contributed by atoms with Crippen molar-refractivity contribution >= 4 is 36.9 Å². The first-order valence-electron chi connectivity index (χ1n) is 8.83. The maximum absolute atomic E-state index is 13.8. The van der Waals surface area contributed by atoms with Gasteiger partial charge in [0.2, 0.25) is 0 Å². The summed E-state index contributed by atoms with van der Waals surface area (Å²) in [4.78, 5) is 25.1. The van der Waals surface area contributed by atoms with Crippen molar-refractivity contribution in [1.82, 2.24) is 0 Å². The van der Waals surface area contributed by atoms with Crippen molar-refractivity contribution in [2.45, 2.75) is 11.7 Å². The van der Waals surface area contributed by atoms with E-state index in [0.29, 0.717) is 5.56 Å². The summed E-state index contributed by atoms with van der Waals surface area (Å²) in [5.74, 6) is -1.74. The van der Waals surface area contributed by atoms with E-state index in [1.165, 1.54) is 30.8 Å². The molecule has 0 aromatic heterocycles. The van der Waals surface area contributed by atoms with Crippen LogP contribution in [0.1, 0.15) is 12.0 Å². The van der Waals surface area contributed by atoms with Gasteiger partial charge in [0.1, 0.15) is 0 Å². The zero-order valence-electron chi connectivity index (χ0n) is 15.7. The summed E-state index contributed by atoms with van der Waals surface area (Å²) in [6.45, 7) is 0. The fraction of sp³-hybridized carbons (Fsp3) is 0.273. The number of hydrogen-bond donors (Lipinski definition) is 0. The van der Waals surface area contributed by atoms with Crippen LogP contribution in [0.25, 0.3) is 5.57 Å². The Morgan fingerprint density at radius 2 is 1.75 bits per heavy atom. The van der Waals surface area contributed by atoms with E-state index in [9.17, 15) is 14.0 Å². The monoisotopic (exact) mass is 448 g/mol. The summed E-state index contributed by atoms with van der Waals surface area (Å²) in [5.41, 5.74) is -0.0422. The molecule has 0 radical (unpaired) electrons. The van der Waals surface area contributed by atoms with Gasteiger partial charge in [-0.25, -0.2) is 0 Å². The molecule has 0 N–H and O–H groups in total. The van der Waals surface area contributed by atoms with Crippen LogP contribution < -0.4 is 4.46 Å². The van der Waals surface area contributed by atoms with Crippen molar-refractivity contribution in [2.24, 2.45) is 11.3 Å². The van der Waals surface area contributed by atoms with Crippen LogP contribution in [0, 0.1) is 17.2 Å². The molecule has 0 heterocycles. The van der Waals surface area contributed by atoms with Crippen molar-refractivity contribution in [3.8, 4) is 0 Å². The van der Waals surface area contributed by atoms with Gasteiger partial charge in [-0.3, -0.25) is 0 Å². The molecule has 1 atom stereocenters. The van der Waals surface area contributed by atoms with E-state index >= 15 is 0 Å². The summed E-state index contributed by atoms with van der Waals surface area (Å²) in [6.07, 6.45) is 1.87. The van der Waals surface area contributed by atoms with Crippen LogP contribution in [-0.4, -0.2) is 41.1 Å². The zero-order chi connectivity index (χ0) is 20.1. The molecule has 1 aliphatic rings. The van der Waals surface area contributed by atoms with Gasteiger partial charge in [0.05, 0.1) is 0 Å². The molecule has 4 nitrogen and oxygen atoms in total. The van der Waals surface area contributed by atoms with Crippen molar-refractivity contribution in [2.75, 3.05) is 14.2 Å². The third-order valence-electron chi connectivity index (χ3n) is 4.86. The van der Waals surface area contributed by atoms with Gasteiger partial charge in [0.25, 0.3) is 0 Å². The number of ether oxygens (including phenoxy) is 2. The summed E-state index contributed by atoms with van der Waals surface area (Å²) in [5, 5.41) is 0.773. The normalized spacial score (nSPS) is 17.7. The molecule has 2 aromatic carbocycles. The minimum absolute atomic E-state index is 0.0831. The Labute approximate surface area is 169 Å². The van der Waals surface area contributed by atoms with E-state index in [0.717, 1.165) is 10.9 Å². The fourth-order valence-electron chi connectivity index (χ4n) is 3.52. The number of rotatable bonds is 6. The van der Waals surface area contributed by atoms with Crippen molar-refractivity contribution in [1.29, 1.82) is 0 Å². The van der Waals surface area contributed by atoms with Crippen molar-refractivity contribution in [3.63, 3.8) is 0 Å². The minimum atomic E-state index is -1.50. The van der Waals surface area contributed by atoms with E-state index in [4.69, 9.17) is 9.47 Å². The number of carbonyl (C=O) groups excluding carboxylic acids is 2. The number of carbonyl (C=O) groups is 2. The van der Waals surface area contributed by atoms with Gasteiger partial charge in [-0.15, -0.1) is 0 Å². The van der Waals surface area contributed by atoms with Crippen LogP contribution >= 0.6 is 0 Å². The van der Waals surface area contributed by atoms with Gasteiger partial charge in [0, 0.05) is 0 Å². The quantitative estimate of drug-likeness (QED) is 0.388. The molecule has 3 rings (SSSR count). The Bertz CT molecular complexity index is 878. The van der Waals surface area contributed by atoms with Gasteiger partial charge < -0.3 is 0 Å². The Morgan fingerprint density at radius 1 is 1.07 bits per heavy atom. The average molecular weight is 447 g/mol. The summed E-state index contributed by atoms with van der Waals surface area (Å²) in [6, 6.07) is 16.3. The number of esters is 2. The third kappa shape index (κ3) is 4.03. The SMILES string of the molecule is COC(=O)C1(C(=O)OC)C=C(c2cccc(F)c2)C(C[Se]c2ccccc2)C1. The van der Waals surface area contributed by atoms with E-state index < -0.39 is 17.4 Å². The Morgan fingerprint density at radius 3 is 2.36 bits per heavy atom. The van der Waals surface area contributed by atoms with Crippen molar-refractivity contribution in [3.05, 3.63) is 72.1 Å². The summed E-state index contributed by atoms with van der Waals surface area (Å²) >= 11 is 0.140. The van der Waals surface area contributed by atoms with Gasteiger partial charge in [0.15, 0.2) is 0 Å². The van der Waals surface area contributed by atoms with Gasteiger partial charge in [-0.2, -0.15) is 0 Å². The van der Waals surface area contributed by atoms with Crippen LogP contribution in [0.3, 0.4) is 0 Å². The molecular formula is C22H21FO4Se. The molecule has 28 heavy (non-hydrogen) atoms. The topological polar surface area (TPSA) is 52.6 Å². The van der Waals surface area contributed by atoms with Crippen LogP contribution in [0.5, 0.6) is 0 Å². The summed E-state index contributed by atoms with van der Waals surface area (Å²) < 4.78 is 24.9. The van der Waals surface area contributed by atoms with Gasteiger partial charge in [-0.05, 0) is 0 Å². The predicted octanol–water partition coefficient (Wildman–Crippen LogP) is 3.01. The molecule has 146 valence electrons. The molecule has 0 saturated carbocycles. The van der Waals surface area contributed by atoms with Gasteiger partial charge in [-0.1, -0.05) is 0 Å². The van der Waals surface area contributed by atoms with E-state index in [2.05, 4.69) is 12.1 Å². The molecule has 0 aliphatic heterocycles. The standard InChI is InChI=1S/C22H21FO4Se/c1-26-20(24)22(21(25)27-2)12-16(14-28-18-9-4-3-5-10-18)19(13-22)15-7-6-8-17(23)11-15/h3-11,13,16H,12,14H2,1-2H3. The number of methoxy groups -OCH3 is 2. The molecule has 0 saturated heterocycles. The molecule has 1 unspecified atom stereocenters. The zero-order valence-corrected chi connectivity index (χ0v) is 17.4. The molecule has 0 bridgehead atoms. The van der Waals surface area contributed by atoms with Crippen LogP contribution in [0.15, 0.2) is 60.7 Å². The van der Waals surface area contributed by atoms with Gasteiger partial charge >= 0.3 is 170 Å². The first-order valence-corrected chi connectivity index (χ1v) is 10.9. The first-order chi connectivity index (χ1) is 13.5. The number of allylic oxidation sites excluding steroid dienone is 1. The summed E-state index contributed by atoms with van der Waals surface area (Å²) in [7, 11) is 2.51. The van der Waals surface area contributed by atoms with Crippen LogP contribution in [-0.2, 0) is 19.1 Å². The maximum atomic E-state index is 13.8. The second-order valence-electron chi connectivity index (χ2n) is 6.59. The molecular weight excluding hydrogens is 426 g/mol. The molecule has 1 aliphatic carbocycles. The average Bonchev–Trinajstić information content (AvgIpc) is 3.13. The van der Waals surface area contributed by atoms with Crippen molar-refractivity contribution < 1.29 is 23.5 Å². The Hall–Kier alpha value is -2.43. The fourth-order valence-corrected chi connectivity index (χ4v) is 5.71. The van der Waals surface area contributed by atoms with Crippen LogP contribution in [0.2, 0.25) is 5.32 Å². The molecule has 0 amide bonds. The number of halogens is 1. The Kier molecular flexibility index (Phi) is 6.32. The molecule has 6 heteroatoms. The van der Waals surface area contributed by atoms with Crippen LogP contribution in [0.4, 0.5) is 4.39 Å². The number of hydrogen-bond acceptors (Lipinski definition) is 4. The predicted molar refractivity (Wildman–Crippen MR) is 106 cm³/mol. The second-order valence-corrected chi connectivity index (χ2v) is 8.88. The van der Waals surface area contributed by atoms with E-state index in [1.54, 1.807) is 18.2 Å². The first kappa shape index (κ1) is 20.3. The Balaban J connectivity index is 1.99. The third-order valence-corrected chi connectivity index (χ3v) is 7.33. The molecule has 2 aromatic rings. The second kappa shape index (κ2) is 8.72. The van der Waals surface area contributed by atoms with E-state index in [1.807, 2.05) is 18.2 Å².